The van der Waals surface area contributed by atoms with Crippen LogP contribution >= 0.6 is 0 Å². The fraction of sp³-hybridized carbons (Fsp3) is 0.597. The summed E-state index contributed by atoms with van der Waals surface area (Å²) in [6.45, 7) is 1.90. The zero-order valence-corrected chi connectivity index (χ0v) is 63.5. The number of amides is 2. The number of hydrogen-bond donors (Lipinski definition) is 9. The molecule has 3 aromatic carbocycles. The molecule has 44 heteroatoms. The van der Waals surface area contributed by atoms with Gasteiger partial charge in [0.15, 0.2) is 28.8 Å². The van der Waals surface area contributed by atoms with Crippen molar-refractivity contribution in [3.05, 3.63) is 82.4 Å². The van der Waals surface area contributed by atoms with Crippen molar-refractivity contribution < 1.29 is 130 Å². The molecule has 0 radical (unpaired) electrons. The van der Waals surface area contributed by atoms with Gasteiger partial charge in [-0.05, 0) is 160 Å². The predicted octanol–water partition coefficient (Wildman–Crippen LogP) is 3.61. The molecule has 38 nitrogen and oxygen atoms in total. The third-order valence-corrected chi connectivity index (χ3v) is 19.7. The molecule has 596 valence electrons. The molecule has 106 heavy (non-hydrogen) atoms. The molecule has 0 atom stereocenters. The molecule has 5 rings (SSSR count). The standard InChI is InChI=1S/C62H93N9O29S6/c1-46(72)47-38-53(93-24-5-3-16-50-44-70(68-66-50)22-8-20-64-61(73)48-40-55(95-26-10-32-101(75,76)77)59(99-30-14-36-105(87,88)89)56(41-48)96-27-11-33-102(78,79)80)52(18-7-19-63-2)54(39-47)94-25-6-4-17-51-45-71(69-67-51)23-9-21-65-62(74)49-42-57(97-28-12-34-103(81,82)83)60(100-31-15-37-106(90,91)92)58(43-49)98-29-13-35-104(84,85)86/h38-45,63H,3-37H2,1-2H3,(H,64,73)(H,65,74)(H,75,76,77)(H,78,79,80)(H,81,82,83)(H,84,85,86)(H,87,88,89)(H,90,91,92). The van der Waals surface area contributed by atoms with Gasteiger partial charge in [-0.3, -0.25) is 51.1 Å². The Bertz CT molecular complexity index is 3990. The lowest BCUT2D eigenvalue weighted by atomic mass is 10.0. The normalized spacial score (nSPS) is 12.2. The molecule has 0 aliphatic rings. The van der Waals surface area contributed by atoms with Crippen LogP contribution in [0.5, 0.6) is 46.0 Å². The lowest BCUT2D eigenvalue weighted by Gasteiger charge is -2.19. The Morgan fingerprint density at radius 2 is 0.660 bits per heavy atom. The van der Waals surface area contributed by atoms with Gasteiger partial charge in [-0.1, -0.05) is 10.4 Å². The quantitative estimate of drug-likeness (QED) is 0.0152. The first-order chi connectivity index (χ1) is 49.9. The number of nitrogens with zero attached hydrogens (tertiary/aromatic N) is 6. The van der Waals surface area contributed by atoms with E-state index in [0.29, 0.717) is 119 Å². The zero-order chi connectivity index (χ0) is 78.0. The van der Waals surface area contributed by atoms with Crippen LogP contribution in [0.2, 0.25) is 0 Å². The highest BCUT2D eigenvalue weighted by Crippen LogP contribution is 2.41. The van der Waals surface area contributed by atoms with E-state index in [4.69, 9.17) is 37.9 Å². The van der Waals surface area contributed by atoms with Gasteiger partial charge in [0.1, 0.15) is 11.5 Å². The molecule has 2 aromatic heterocycles. The van der Waals surface area contributed by atoms with Crippen molar-refractivity contribution in [1.82, 2.24) is 45.9 Å². The minimum absolute atomic E-state index is 0.0336. The van der Waals surface area contributed by atoms with Crippen molar-refractivity contribution in [1.29, 1.82) is 0 Å². The molecule has 0 aliphatic carbocycles. The number of nitrogens with one attached hydrogen (secondary N) is 3. The Kier molecular flexibility index (Phi) is 36.9. The number of carbonyl (C=O) groups excluding carboxylic acids is 3. The van der Waals surface area contributed by atoms with Crippen LogP contribution in [0, 0.1) is 0 Å². The average Bonchev–Trinajstić information content (AvgIpc) is 1.01. The van der Waals surface area contributed by atoms with Gasteiger partial charge in [0.25, 0.3) is 72.5 Å². The summed E-state index contributed by atoms with van der Waals surface area (Å²) >= 11 is 0. The van der Waals surface area contributed by atoms with E-state index >= 15 is 0 Å². The molecule has 0 spiro atoms. The summed E-state index contributed by atoms with van der Waals surface area (Å²) in [5, 5.41) is 25.7. The fourth-order valence-electron chi connectivity index (χ4n) is 9.82. The highest BCUT2D eigenvalue weighted by molar-refractivity contribution is 7.86. The van der Waals surface area contributed by atoms with Crippen molar-refractivity contribution in [3.8, 4) is 46.0 Å². The number of rotatable bonds is 57. The van der Waals surface area contributed by atoms with Gasteiger partial charge in [0.2, 0.25) is 11.5 Å². The van der Waals surface area contributed by atoms with E-state index in [1.807, 2.05) is 7.05 Å². The summed E-state index contributed by atoms with van der Waals surface area (Å²) in [5.41, 5.74) is 2.58. The second-order valence-electron chi connectivity index (χ2n) is 24.0. The van der Waals surface area contributed by atoms with Crippen molar-refractivity contribution in [2.75, 3.05) is 114 Å². The Hall–Kier alpha value is -7.63. The molecule has 0 fully saturated rings. The number of ether oxygens (including phenoxy) is 8. The average molecular weight is 1620 g/mol. The van der Waals surface area contributed by atoms with Gasteiger partial charge >= 0.3 is 0 Å². The van der Waals surface area contributed by atoms with Crippen LogP contribution in [0.1, 0.15) is 138 Å². The zero-order valence-electron chi connectivity index (χ0n) is 58.6. The SMILES string of the molecule is CNCCCc1c(OCCCCc2cn(CCCNC(=O)c3cc(OCCCS(=O)(=O)O)c(OCCCS(=O)(=O)O)c(OCCCS(=O)(=O)O)c3)nn2)cc(C(C)=O)cc1OCCCCc1cn(CCCNC(=O)c2cc(OCCCS(=O)(=O)O)c(OCCCS(=O)(=O)O)c(OCCCS(=O)(=O)O)c2)nn1. The topological polar surface area (TPSA) is 549 Å². The highest BCUT2D eigenvalue weighted by Gasteiger charge is 2.24. The number of aryl methyl sites for hydroxylation is 4. The molecular formula is C62H93N9O29S6. The van der Waals surface area contributed by atoms with E-state index in [-0.39, 0.29) is 143 Å². The fourth-order valence-corrected chi connectivity index (χ4v) is 12.7. The Morgan fingerprint density at radius 1 is 0.368 bits per heavy atom. The number of benzene rings is 3. The van der Waals surface area contributed by atoms with Gasteiger partial charge < -0.3 is 53.8 Å². The van der Waals surface area contributed by atoms with Crippen molar-refractivity contribution in [2.24, 2.45) is 0 Å². The maximum Gasteiger partial charge on any atom is 0.264 e. The van der Waals surface area contributed by atoms with Crippen LogP contribution in [0.3, 0.4) is 0 Å². The third-order valence-electron chi connectivity index (χ3n) is 14.8. The maximum absolute atomic E-state index is 13.5. The Balaban J connectivity index is 1.11. The number of carbonyl (C=O) groups is 3. The largest absolute Gasteiger partial charge is 0.493 e. The van der Waals surface area contributed by atoms with Crippen LogP contribution in [0.15, 0.2) is 48.8 Å². The van der Waals surface area contributed by atoms with Crippen LogP contribution in [-0.2, 0) is 93.1 Å². The van der Waals surface area contributed by atoms with Crippen LogP contribution in [-0.4, -0.2) is 239 Å². The molecule has 2 heterocycles. The van der Waals surface area contributed by atoms with Crippen molar-refractivity contribution in [3.63, 3.8) is 0 Å². The van der Waals surface area contributed by atoms with Gasteiger partial charge in [0, 0.05) is 60.8 Å². The van der Waals surface area contributed by atoms with Gasteiger partial charge in [0.05, 0.1) is 98.8 Å². The third kappa shape index (κ3) is 37.3. The van der Waals surface area contributed by atoms with Crippen LogP contribution in [0.4, 0.5) is 0 Å². The molecule has 0 aliphatic heterocycles. The number of aromatic nitrogens is 6. The summed E-state index contributed by atoms with van der Waals surface area (Å²) in [6.07, 6.45) is 8.18. The molecule has 0 saturated carbocycles. The van der Waals surface area contributed by atoms with Crippen LogP contribution < -0.4 is 53.8 Å². The molecule has 5 aromatic rings. The number of hydrogen-bond acceptors (Lipinski definition) is 28. The van der Waals surface area contributed by atoms with E-state index in [2.05, 4.69) is 36.6 Å². The lowest BCUT2D eigenvalue weighted by molar-refractivity contribution is 0.0943. The molecule has 0 bridgehead atoms. The minimum Gasteiger partial charge on any atom is -0.493 e. The second kappa shape index (κ2) is 44.0. The number of ketones is 1. The Labute approximate surface area is 616 Å². The van der Waals surface area contributed by atoms with Gasteiger partial charge in [-0.15, -0.1) is 10.2 Å². The summed E-state index contributed by atoms with van der Waals surface area (Å²) < 4.78 is 242. The summed E-state index contributed by atoms with van der Waals surface area (Å²) in [7, 11) is -24.3. The minimum atomic E-state index is -4.36. The first kappa shape index (κ1) is 89.0. The lowest BCUT2D eigenvalue weighted by Crippen LogP contribution is -2.25. The predicted molar refractivity (Wildman–Crippen MR) is 382 cm³/mol. The number of unbranched alkanes of at least 4 members (excludes halogenated alkanes) is 2. The summed E-state index contributed by atoms with van der Waals surface area (Å²) in [5.74, 6) is -5.28. The highest BCUT2D eigenvalue weighted by atomic mass is 32.2. The second-order valence-corrected chi connectivity index (χ2v) is 33.5. The van der Waals surface area contributed by atoms with Gasteiger partial charge in [-0.2, -0.15) is 50.5 Å². The monoisotopic (exact) mass is 1620 g/mol. The van der Waals surface area contributed by atoms with E-state index in [1.54, 1.807) is 33.9 Å². The molecule has 2 amide bonds. The molecular weight excluding hydrogens is 1530 g/mol. The molecule has 9 N–H and O–H groups in total. The van der Waals surface area contributed by atoms with E-state index < -0.39 is 107 Å². The molecule has 0 saturated heterocycles. The summed E-state index contributed by atoms with van der Waals surface area (Å²) in [4.78, 5) is 39.9. The Morgan fingerprint density at radius 3 is 0.962 bits per heavy atom. The molecule has 0 unspecified atom stereocenters. The van der Waals surface area contributed by atoms with Crippen molar-refractivity contribution >= 4 is 78.3 Å². The number of Topliss-reactive ketones (excluding diaryl/α,β-unsaturated/α-hetero) is 1. The van der Waals surface area contributed by atoms with E-state index in [0.717, 1.165) is 12.0 Å². The maximum atomic E-state index is 13.5. The smallest absolute Gasteiger partial charge is 0.264 e. The van der Waals surface area contributed by atoms with Crippen LogP contribution in [0.25, 0.3) is 0 Å². The van der Waals surface area contributed by atoms with Crippen molar-refractivity contribution in [2.45, 2.75) is 123 Å². The first-order valence-electron chi connectivity index (χ1n) is 33.7. The van der Waals surface area contributed by atoms with Gasteiger partial charge in [-0.25, -0.2) is 0 Å². The first-order valence-corrected chi connectivity index (χ1v) is 43.3. The summed E-state index contributed by atoms with van der Waals surface area (Å²) in [6, 6.07) is 8.49. The van der Waals surface area contributed by atoms with E-state index in [9.17, 15) is 92.2 Å². The van der Waals surface area contributed by atoms with E-state index in [1.165, 1.54) is 31.2 Å².